The molecule has 2 atom stereocenters. The van der Waals surface area contributed by atoms with Gasteiger partial charge in [0, 0.05) is 17.1 Å². The molecule has 0 amide bonds. The highest BCUT2D eigenvalue weighted by Gasteiger charge is 2.23. The fraction of sp³-hybridized carbons (Fsp3) is 0.400. The van der Waals surface area contributed by atoms with E-state index in [4.69, 9.17) is 16.7 Å². The fourth-order valence-electron chi connectivity index (χ4n) is 1.66. The van der Waals surface area contributed by atoms with Crippen LogP contribution < -0.4 is 10.9 Å². The van der Waals surface area contributed by atoms with Crippen LogP contribution in [0.1, 0.15) is 18.0 Å². The van der Waals surface area contributed by atoms with Crippen molar-refractivity contribution in [2.75, 3.05) is 6.61 Å². The number of halogens is 1. The number of hydrogen-bond acceptors (Lipinski definition) is 3. The molecule has 1 aromatic carbocycles. The van der Waals surface area contributed by atoms with Crippen molar-refractivity contribution in [2.24, 2.45) is 0 Å². The number of hydrazine groups is 1. The normalized spacial score (nSPS) is 26.7. The molecule has 0 spiro atoms. The predicted molar refractivity (Wildman–Crippen MR) is 56.0 cm³/mol. The molecule has 2 unspecified atom stereocenters. The van der Waals surface area contributed by atoms with Gasteiger partial charge in [0.1, 0.15) is 0 Å². The van der Waals surface area contributed by atoms with Gasteiger partial charge in [-0.3, -0.25) is 5.43 Å². The van der Waals surface area contributed by atoms with Crippen LogP contribution in [0.4, 0.5) is 0 Å². The molecule has 0 aliphatic carbocycles. The molecule has 1 heterocycles. The molecule has 3 N–H and O–H groups in total. The maximum Gasteiger partial charge on any atom is 0.0598 e. The van der Waals surface area contributed by atoms with Crippen LogP contribution in [0, 0.1) is 0 Å². The van der Waals surface area contributed by atoms with Crippen LogP contribution in [0.3, 0.4) is 0 Å². The van der Waals surface area contributed by atoms with Crippen LogP contribution in [0.2, 0.25) is 5.02 Å². The van der Waals surface area contributed by atoms with E-state index in [0.29, 0.717) is 0 Å². The minimum atomic E-state index is 0.149. The van der Waals surface area contributed by atoms with Gasteiger partial charge in [0.05, 0.1) is 6.61 Å². The molecule has 4 heteroatoms. The third-order valence-corrected chi connectivity index (χ3v) is 2.73. The molecule has 1 aliphatic heterocycles. The lowest BCUT2D eigenvalue weighted by molar-refractivity contribution is 0.251. The molecule has 14 heavy (non-hydrogen) atoms. The van der Waals surface area contributed by atoms with Gasteiger partial charge in [0.25, 0.3) is 0 Å². The molecular weight excluding hydrogens is 200 g/mol. The second kappa shape index (κ2) is 4.28. The number of benzene rings is 1. The van der Waals surface area contributed by atoms with Crippen LogP contribution in [0.5, 0.6) is 0 Å². The fourth-order valence-corrected chi connectivity index (χ4v) is 1.78. The highest BCUT2D eigenvalue weighted by atomic mass is 35.5. The molecule has 1 saturated heterocycles. The monoisotopic (exact) mass is 212 g/mol. The Hall–Kier alpha value is -0.610. The molecule has 3 nitrogen and oxygen atoms in total. The summed E-state index contributed by atoms with van der Waals surface area (Å²) in [4.78, 5) is 0. The summed E-state index contributed by atoms with van der Waals surface area (Å²) in [5.41, 5.74) is 7.37. The lowest BCUT2D eigenvalue weighted by Crippen LogP contribution is -2.32. The minimum absolute atomic E-state index is 0.149. The van der Waals surface area contributed by atoms with Gasteiger partial charge in [-0.05, 0) is 24.1 Å². The van der Waals surface area contributed by atoms with Crippen molar-refractivity contribution in [2.45, 2.75) is 18.5 Å². The van der Waals surface area contributed by atoms with Gasteiger partial charge in [-0.15, -0.1) is 0 Å². The highest BCUT2D eigenvalue weighted by molar-refractivity contribution is 6.30. The largest absolute Gasteiger partial charge is 0.395 e. The summed E-state index contributed by atoms with van der Waals surface area (Å²) in [5, 5.41) is 9.70. The summed E-state index contributed by atoms with van der Waals surface area (Å²) in [6.07, 6.45) is 0.901. The average Bonchev–Trinajstić information content (AvgIpc) is 2.67. The van der Waals surface area contributed by atoms with E-state index in [2.05, 4.69) is 10.9 Å². The molecule has 2 rings (SSSR count). The first-order valence-electron chi connectivity index (χ1n) is 4.67. The Morgan fingerprint density at radius 1 is 1.29 bits per heavy atom. The summed E-state index contributed by atoms with van der Waals surface area (Å²) >= 11 is 5.80. The SMILES string of the molecule is OCC1CC(c2ccc(Cl)cc2)NN1. The van der Waals surface area contributed by atoms with Gasteiger partial charge in [0.2, 0.25) is 0 Å². The van der Waals surface area contributed by atoms with Crippen molar-refractivity contribution in [3.05, 3.63) is 34.9 Å². The molecule has 76 valence electrons. The summed E-state index contributed by atoms with van der Waals surface area (Å²) in [7, 11) is 0. The first kappa shape index (κ1) is 9.93. The Labute approximate surface area is 88.1 Å². The first-order chi connectivity index (χ1) is 6.79. The second-order valence-corrected chi connectivity index (χ2v) is 3.94. The number of rotatable bonds is 2. The summed E-state index contributed by atoms with van der Waals surface area (Å²) in [5.74, 6) is 0. The standard InChI is InChI=1S/C10H13ClN2O/c11-8-3-1-7(2-4-8)10-5-9(6-14)12-13-10/h1-4,9-10,12-14H,5-6H2. The van der Waals surface area contributed by atoms with E-state index >= 15 is 0 Å². The van der Waals surface area contributed by atoms with Crippen LogP contribution in [-0.2, 0) is 0 Å². The van der Waals surface area contributed by atoms with E-state index in [1.807, 2.05) is 24.3 Å². The van der Waals surface area contributed by atoms with Gasteiger partial charge in [0.15, 0.2) is 0 Å². The molecule has 1 aliphatic rings. The maximum atomic E-state index is 8.95. The zero-order chi connectivity index (χ0) is 9.97. The Kier molecular flexibility index (Phi) is 3.03. The Bertz CT molecular complexity index is 301. The molecule has 1 aromatic rings. The van der Waals surface area contributed by atoms with Crippen LogP contribution in [-0.4, -0.2) is 17.8 Å². The number of aliphatic hydroxyl groups excluding tert-OH is 1. The third kappa shape index (κ3) is 2.07. The lowest BCUT2D eigenvalue weighted by Gasteiger charge is -2.09. The van der Waals surface area contributed by atoms with E-state index in [1.54, 1.807) is 0 Å². The van der Waals surface area contributed by atoms with Gasteiger partial charge in [-0.25, -0.2) is 5.43 Å². The predicted octanol–water partition coefficient (Wildman–Crippen LogP) is 1.24. The zero-order valence-corrected chi connectivity index (χ0v) is 8.46. The molecular formula is C10H13ClN2O. The van der Waals surface area contributed by atoms with Crippen molar-refractivity contribution in [3.8, 4) is 0 Å². The molecule has 1 fully saturated rings. The van der Waals surface area contributed by atoms with Crippen molar-refractivity contribution in [1.82, 2.24) is 10.9 Å². The number of hydrogen-bond donors (Lipinski definition) is 3. The van der Waals surface area contributed by atoms with Gasteiger partial charge >= 0.3 is 0 Å². The number of aliphatic hydroxyl groups is 1. The average molecular weight is 213 g/mol. The Balaban J connectivity index is 2.06. The smallest absolute Gasteiger partial charge is 0.0598 e. The first-order valence-corrected chi connectivity index (χ1v) is 5.05. The maximum absolute atomic E-state index is 8.95. The van der Waals surface area contributed by atoms with Crippen LogP contribution >= 0.6 is 11.6 Å². The molecule has 0 aromatic heterocycles. The topological polar surface area (TPSA) is 44.3 Å². The summed E-state index contributed by atoms with van der Waals surface area (Å²) in [6.45, 7) is 0.164. The van der Waals surface area contributed by atoms with Crippen molar-refractivity contribution < 1.29 is 5.11 Å². The van der Waals surface area contributed by atoms with Gasteiger partial charge in [-0.1, -0.05) is 23.7 Å². The molecule has 0 radical (unpaired) electrons. The Morgan fingerprint density at radius 2 is 2.00 bits per heavy atom. The quantitative estimate of drug-likeness (QED) is 0.691. The van der Waals surface area contributed by atoms with E-state index < -0.39 is 0 Å². The Morgan fingerprint density at radius 3 is 2.57 bits per heavy atom. The van der Waals surface area contributed by atoms with Crippen molar-refractivity contribution in [1.29, 1.82) is 0 Å². The minimum Gasteiger partial charge on any atom is -0.395 e. The second-order valence-electron chi connectivity index (χ2n) is 3.51. The van der Waals surface area contributed by atoms with Gasteiger partial charge < -0.3 is 5.11 Å². The van der Waals surface area contributed by atoms with E-state index in [-0.39, 0.29) is 18.7 Å². The third-order valence-electron chi connectivity index (χ3n) is 2.47. The number of nitrogens with one attached hydrogen (secondary N) is 2. The van der Waals surface area contributed by atoms with E-state index in [9.17, 15) is 0 Å². The van der Waals surface area contributed by atoms with Gasteiger partial charge in [-0.2, -0.15) is 0 Å². The molecule has 0 saturated carbocycles. The lowest BCUT2D eigenvalue weighted by atomic mass is 10.0. The van der Waals surface area contributed by atoms with Crippen LogP contribution in [0.15, 0.2) is 24.3 Å². The van der Waals surface area contributed by atoms with Crippen LogP contribution in [0.25, 0.3) is 0 Å². The summed E-state index contributed by atoms with van der Waals surface area (Å²) in [6, 6.07) is 8.18. The molecule has 0 bridgehead atoms. The van der Waals surface area contributed by atoms with Crippen molar-refractivity contribution >= 4 is 11.6 Å². The zero-order valence-electron chi connectivity index (χ0n) is 7.70. The summed E-state index contributed by atoms with van der Waals surface area (Å²) < 4.78 is 0. The van der Waals surface area contributed by atoms with E-state index in [1.165, 1.54) is 5.56 Å². The van der Waals surface area contributed by atoms with E-state index in [0.717, 1.165) is 11.4 Å². The highest BCUT2D eigenvalue weighted by Crippen LogP contribution is 2.23. The van der Waals surface area contributed by atoms with Crippen molar-refractivity contribution in [3.63, 3.8) is 0 Å².